The molecular weight excluding hydrogens is 285 g/mol. The van der Waals surface area contributed by atoms with Crippen LogP contribution in [0, 0.1) is 0 Å². The first kappa shape index (κ1) is 15.6. The van der Waals surface area contributed by atoms with Gasteiger partial charge >= 0.3 is 6.36 Å². The van der Waals surface area contributed by atoms with E-state index in [2.05, 4.69) is 15.4 Å². The molecule has 21 heavy (non-hydrogen) atoms. The maximum absolute atomic E-state index is 12.0. The van der Waals surface area contributed by atoms with Crippen LogP contribution in [0.5, 0.6) is 5.75 Å². The van der Waals surface area contributed by atoms with E-state index in [4.69, 9.17) is 0 Å². The number of carbonyl (C=O) groups excluding carboxylic acids is 1. The van der Waals surface area contributed by atoms with Crippen molar-refractivity contribution in [1.82, 2.24) is 10.6 Å². The molecule has 116 valence electrons. The number of hydrogen-bond acceptors (Lipinski definition) is 3. The molecule has 0 saturated heterocycles. The summed E-state index contributed by atoms with van der Waals surface area (Å²) in [5, 5.41) is 5.90. The maximum atomic E-state index is 12.0. The standard InChI is InChI=1S/C14H17F3N2O2/c1-9(13(20)19-11-4-5-11)18-8-10-2-6-12(7-3-10)21-14(15,16)17/h2-3,6-7,9,11,18H,4-5,8H2,1H3,(H,19,20). The Kier molecular flexibility index (Phi) is 4.72. The number of benzene rings is 1. The number of alkyl halides is 3. The molecule has 0 spiro atoms. The van der Waals surface area contributed by atoms with Gasteiger partial charge in [0.2, 0.25) is 5.91 Å². The third-order valence-corrected chi connectivity index (χ3v) is 3.09. The van der Waals surface area contributed by atoms with Crippen molar-refractivity contribution in [1.29, 1.82) is 0 Å². The van der Waals surface area contributed by atoms with Crippen molar-refractivity contribution in [3.8, 4) is 5.75 Å². The van der Waals surface area contributed by atoms with Crippen LogP contribution in [0.15, 0.2) is 24.3 Å². The van der Waals surface area contributed by atoms with Crippen molar-refractivity contribution in [2.75, 3.05) is 0 Å². The Bertz CT molecular complexity index is 484. The van der Waals surface area contributed by atoms with E-state index in [1.54, 1.807) is 6.92 Å². The molecule has 1 aliphatic carbocycles. The Morgan fingerprint density at radius 2 is 1.95 bits per heavy atom. The molecule has 1 unspecified atom stereocenters. The van der Waals surface area contributed by atoms with Gasteiger partial charge in [-0.15, -0.1) is 13.2 Å². The van der Waals surface area contributed by atoms with E-state index < -0.39 is 6.36 Å². The van der Waals surface area contributed by atoms with E-state index in [0.717, 1.165) is 18.4 Å². The number of halogens is 3. The minimum atomic E-state index is -4.69. The lowest BCUT2D eigenvalue weighted by molar-refractivity contribution is -0.274. The van der Waals surface area contributed by atoms with Gasteiger partial charge in [-0.25, -0.2) is 0 Å². The van der Waals surface area contributed by atoms with Crippen LogP contribution >= 0.6 is 0 Å². The molecule has 0 heterocycles. The number of rotatable bonds is 6. The van der Waals surface area contributed by atoms with Crippen LogP contribution in [0.2, 0.25) is 0 Å². The van der Waals surface area contributed by atoms with Crippen LogP contribution in [0.3, 0.4) is 0 Å². The minimum absolute atomic E-state index is 0.0606. The van der Waals surface area contributed by atoms with E-state index in [0.29, 0.717) is 12.6 Å². The lowest BCUT2D eigenvalue weighted by Gasteiger charge is -2.14. The summed E-state index contributed by atoms with van der Waals surface area (Å²) in [6, 6.07) is 5.51. The first-order chi connectivity index (χ1) is 9.83. The number of carbonyl (C=O) groups is 1. The summed E-state index contributed by atoms with van der Waals surface area (Å²) in [6.45, 7) is 2.14. The second kappa shape index (κ2) is 6.34. The van der Waals surface area contributed by atoms with Crippen molar-refractivity contribution in [3.05, 3.63) is 29.8 Å². The summed E-state index contributed by atoms with van der Waals surface area (Å²) in [7, 11) is 0. The number of amides is 1. The molecule has 0 bridgehead atoms. The largest absolute Gasteiger partial charge is 0.573 e. The molecule has 7 heteroatoms. The van der Waals surface area contributed by atoms with Gasteiger partial charge in [0, 0.05) is 12.6 Å². The third kappa shape index (κ3) is 5.63. The van der Waals surface area contributed by atoms with Gasteiger partial charge in [-0.1, -0.05) is 12.1 Å². The SMILES string of the molecule is CC(NCc1ccc(OC(F)(F)F)cc1)C(=O)NC1CC1. The molecule has 2 N–H and O–H groups in total. The molecule has 2 rings (SSSR count). The third-order valence-electron chi connectivity index (χ3n) is 3.09. The van der Waals surface area contributed by atoms with Gasteiger partial charge in [0.1, 0.15) is 5.75 Å². The van der Waals surface area contributed by atoms with Gasteiger partial charge in [0.15, 0.2) is 0 Å². The molecule has 1 amide bonds. The smallest absolute Gasteiger partial charge is 0.406 e. The van der Waals surface area contributed by atoms with Crippen LogP contribution in [-0.4, -0.2) is 24.4 Å². The van der Waals surface area contributed by atoms with Crippen molar-refractivity contribution >= 4 is 5.91 Å². The van der Waals surface area contributed by atoms with Gasteiger partial charge in [-0.05, 0) is 37.5 Å². The fourth-order valence-corrected chi connectivity index (χ4v) is 1.73. The summed E-state index contributed by atoms with van der Waals surface area (Å²) in [4.78, 5) is 11.7. The normalized spacial score (nSPS) is 16.4. The first-order valence-corrected chi connectivity index (χ1v) is 6.72. The van der Waals surface area contributed by atoms with Crippen LogP contribution in [0.1, 0.15) is 25.3 Å². The molecule has 1 aliphatic rings. The Balaban J connectivity index is 1.78. The van der Waals surface area contributed by atoms with Gasteiger partial charge in [-0.2, -0.15) is 0 Å². The zero-order valence-corrected chi connectivity index (χ0v) is 11.5. The van der Waals surface area contributed by atoms with Crippen molar-refractivity contribution in [3.63, 3.8) is 0 Å². The minimum Gasteiger partial charge on any atom is -0.406 e. The van der Waals surface area contributed by atoms with E-state index in [9.17, 15) is 18.0 Å². The average Bonchev–Trinajstić information content (AvgIpc) is 3.19. The topological polar surface area (TPSA) is 50.4 Å². The Morgan fingerprint density at radius 1 is 1.33 bits per heavy atom. The molecule has 1 saturated carbocycles. The molecule has 0 radical (unpaired) electrons. The monoisotopic (exact) mass is 302 g/mol. The fraction of sp³-hybridized carbons (Fsp3) is 0.500. The highest BCUT2D eigenvalue weighted by Gasteiger charge is 2.31. The summed E-state index contributed by atoms with van der Waals surface area (Å²) >= 11 is 0. The molecule has 1 atom stereocenters. The van der Waals surface area contributed by atoms with Crippen molar-refractivity contribution < 1.29 is 22.7 Å². The fourth-order valence-electron chi connectivity index (χ4n) is 1.73. The molecule has 0 aromatic heterocycles. The average molecular weight is 302 g/mol. The second-order valence-corrected chi connectivity index (χ2v) is 5.08. The van der Waals surface area contributed by atoms with E-state index in [-0.39, 0.29) is 17.7 Å². The van der Waals surface area contributed by atoms with Crippen LogP contribution in [0.4, 0.5) is 13.2 Å². The van der Waals surface area contributed by atoms with Crippen LogP contribution < -0.4 is 15.4 Å². The van der Waals surface area contributed by atoms with E-state index in [1.165, 1.54) is 24.3 Å². The Hall–Kier alpha value is -1.76. The summed E-state index contributed by atoms with van der Waals surface area (Å²) in [5.41, 5.74) is 0.774. The van der Waals surface area contributed by atoms with Gasteiger partial charge in [-0.3, -0.25) is 4.79 Å². The highest BCUT2D eigenvalue weighted by molar-refractivity contribution is 5.81. The summed E-state index contributed by atoms with van der Waals surface area (Å²) < 4.78 is 39.8. The molecular formula is C14H17F3N2O2. The number of nitrogens with one attached hydrogen (secondary N) is 2. The summed E-state index contributed by atoms with van der Waals surface area (Å²) in [5.74, 6) is -0.319. The van der Waals surface area contributed by atoms with Gasteiger partial charge in [0.25, 0.3) is 0 Å². The van der Waals surface area contributed by atoms with E-state index in [1.807, 2.05) is 0 Å². The van der Waals surface area contributed by atoms with Crippen LogP contribution in [0.25, 0.3) is 0 Å². The zero-order valence-electron chi connectivity index (χ0n) is 11.5. The van der Waals surface area contributed by atoms with E-state index >= 15 is 0 Å². The number of ether oxygens (including phenoxy) is 1. The van der Waals surface area contributed by atoms with Crippen LogP contribution in [-0.2, 0) is 11.3 Å². The quantitative estimate of drug-likeness (QED) is 0.848. The van der Waals surface area contributed by atoms with Crippen molar-refractivity contribution in [2.24, 2.45) is 0 Å². The highest BCUT2D eigenvalue weighted by Crippen LogP contribution is 2.22. The molecule has 1 aromatic carbocycles. The molecule has 1 aromatic rings. The predicted molar refractivity (Wildman–Crippen MR) is 70.6 cm³/mol. The Morgan fingerprint density at radius 3 is 2.48 bits per heavy atom. The summed E-state index contributed by atoms with van der Waals surface area (Å²) in [6.07, 6.45) is -2.63. The number of hydrogen-bond donors (Lipinski definition) is 2. The lowest BCUT2D eigenvalue weighted by atomic mass is 10.2. The zero-order chi connectivity index (χ0) is 15.5. The second-order valence-electron chi connectivity index (χ2n) is 5.08. The highest BCUT2D eigenvalue weighted by atomic mass is 19.4. The first-order valence-electron chi connectivity index (χ1n) is 6.72. The Labute approximate surface area is 120 Å². The van der Waals surface area contributed by atoms with Gasteiger partial charge in [0.05, 0.1) is 6.04 Å². The maximum Gasteiger partial charge on any atom is 0.573 e. The van der Waals surface area contributed by atoms with Crippen molar-refractivity contribution in [2.45, 2.75) is 44.8 Å². The lowest BCUT2D eigenvalue weighted by Crippen LogP contribution is -2.42. The molecule has 1 fully saturated rings. The molecule has 0 aliphatic heterocycles. The predicted octanol–water partition coefficient (Wildman–Crippen LogP) is 2.34. The van der Waals surface area contributed by atoms with Gasteiger partial charge < -0.3 is 15.4 Å². The molecule has 4 nitrogen and oxygen atoms in total.